The highest BCUT2D eigenvalue weighted by molar-refractivity contribution is 5.90. The van der Waals surface area contributed by atoms with Gasteiger partial charge in [-0.1, -0.05) is 44.2 Å². The number of rotatable bonds is 5. The molecule has 0 aromatic heterocycles. The Balaban J connectivity index is 1.96. The molecular formula is C18H19F3N2O2. The Morgan fingerprint density at radius 2 is 1.84 bits per heavy atom. The fourth-order valence-electron chi connectivity index (χ4n) is 2.32. The third-order valence-corrected chi connectivity index (χ3v) is 3.42. The average Bonchev–Trinajstić information content (AvgIpc) is 2.52. The fourth-order valence-corrected chi connectivity index (χ4v) is 2.32. The number of nitrogens with one attached hydrogen (secondary N) is 2. The minimum atomic E-state index is -4.75. The van der Waals surface area contributed by atoms with Crippen molar-refractivity contribution in [3.05, 3.63) is 59.7 Å². The van der Waals surface area contributed by atoms with Crippen molar-refractivity contribution in [1.29, 1.82) is 0 Å². The number of hydrogen-bond donors (Lipinski definition) is 2. The maximum Gasteiger partial charge on any atom is 0.573 e. The molecule has 25 heavy (non-hydrogen) atoms. The normalized spacial score (nSPS) is 11.3. The topological polar surface area (TPSA) is 50.4 Å². The van der Waals surface area contributed by atoms with Crippen LogP contribution in [0.3, 0.4) is 0 Å². The molecule has 0 aliphatic heterocycles. The summed E-state index contributed by atoms with van der Waals surface area (Å²) in [7, 11) is 0. The van der Waals surface area contributed by atoms with E-state index >= 15 is 0 Å². The molecule has 0 aliphatic rings. The molecule has 2 amide bonds. The number of para-hydroxylation sites is 1. The van der Waals surface area contributed by atoms with Gasteiger partial charge in [-0.2, -0.15) is 0 Å². The molecule has 2 N–H and O–H groups in total. The molecule has 0 unspecified atom stereocenters. The third-order valence-electron chi connectivity index (χ3n) is 3.42. The molecule has 0 atom stereocenters. The van der Waals surface area contributed by atoms with E-state index in [1.807, 2.05) is 32.0 Å². The molecule has 4 nitrogen and oxygen atoms in total. The zero-order valence-electron chi connectivity index (χ0n) is 13.9. The van der Waals surface area contributed by atoms with Crippen molar-refractivity contribution in [2.24, 2.45) is 0 Å². The number of alkyl halides is 3. The van der Waals surface area contributed by atoms with E-state index in [0.29, 0.717) is 11.3 Å². The standard InChI is InChI=1S/C18H19F3N2O2/c1-12(2)15-8-3-4-9-16(15)23-17(24)22-11-13-6-5-7-14(10-13)25-18(19,20)21/h3-10,12H,11H2,1-2H3,(H2,22,23,24). The molecule has 7 heteroatoms. The molecule has 0 spiro atoms. The number of amides is 2. The smallest absolute Gasteiger partial charge is 0.406 e. The van der Waals surface area contributed by atoms with Crippen molar-refractivity contribution in [3.63, 3.8) is 0 Å². The van der Waals surface area contributed by atoms with Crippen molar-refractivity contribution >= 4 is 11.7 Å². The predicted molar refractivity (Wildman–Crippen MR) is 89.5 cm³/mol. The van der Waals surface area contributed by atoms with Crippen LogP contribution in [0.5, 0.6) is 5.75 Å². The SMILES string of the molecule is CC(C)c1ccccc1NC(=O)NCc1cccc(OC(F)(F)F)c1. The van der Waals surface area contributed by atoms with Crippen molar-refractivity contribution in [2.45, 2.75) is 32.7 Å². The maximum atomic E-state index is 12.2. The molecule has 0 aliphatic carbocycles. The Morgan fingerprint density at radius 3 is 2.52 bits per heavy atom. The first-order chi connectivity index (χ1) is 11.7. The average molecular weight is 352 g/mol. The van der Waals surface area contributed by atoms with E-state index in [2.05, 4.69) is 15.4 Å². The number of halogens is 3. The van der Waals surface area contributed by atoms with Gasteiger partial charge in [0.1, 0.15) is 5.75 Å². The van der Waals surface area contributed by atoms with E-state index in [1.165, 1.54) is 18.2 Å². The number of benzene rings is 2. The van der Waals surface area contributed by atoms with Crippen LogP contribution in [0, 0.1) is 0 Å². The minimum Gasteiger partial charge on any atom is -0.406 e. The van der Waals surface area contributed by atoms with Gasteiger partial charge in [0.25, 0.3) is 0 Å². The van der Waals surface area contributed by atoms with Crippen molar-refractivity contribution in [2.75, 3.05) is 5.32 Å². The highest BCUT2D eigenvalue weighted by Gasteiger charge is 2.31. The van der Waals surface area contributed by atoms with Crippen LogP contribution in [0.4, 0.5) is 23.7 Å². The summed E-state index contributed by atoms with van der Waals surface area (Å²) in [5.74, 6) is -0.0786. The molecule has 2 rings (SSSR count). The lowest BCUT2D eigenvalue weighted by atomic mass is 10.0. The zero-order valence-corrected chi connectivity index (χ0v) is 13.9. The summed E-state index contributed by atoms with van der Waals surface area (Å²) < 4.78 is 40.5. The molecule has 0 fully saturated rings. The van der Waals surface area contributed by atoms with E-state index in [4.69, 9.17) is 0 Å². The lowest BCUT2D eigenvalue weighted by molar-refractivity contribution is -0.274. The highest BCUT2D eigenvalue weighted by Crippen LogP contribution is 2.24. The molecular weight excluding hydrogens is 333 g/mol. The molecule has 0 radical (unpaired) electrons. The monoisotopic (exact) mass is 352 g/mol. The fraction of sp³-hybridized carbons (Fsp3) is 0.278. The van der Waals surface area contributed by atoms with E-state index in [0.717, 1.165) is 5.56 Å². The van der Waals surface area contributed by atoms with Crippen LogP contribution >= 0.6 is 0 Å². The molecule has 2 aromatic carbocycles. The first-order valence-corrected chi connectivity index (χ1v) is 7.73. The third kappa shape index (κ3) is 6.02. The summed E-state index contributed by atoms with van der Waals surface area (Å²) in [6.07, 6.45) is -4.75. The number of carbonyl (C=O) groups is 1. The van der Waals surface area contributed by atoms with Crippen LogP contribution in [0.15, 0.2) is 48.5 Å². The van der Waals surface area contributed by atoms with E-state index in [9.17, 15) is 18.0 Å². The Labute approximate surface area is 144 Å². The van der Waals surface area contributed by atoms with Gasteiger partial charge in [-0.3, -0.25) is 0 Å². The van der Waals surface area contributed by atoms with Gasteiger partial charge < -0.3 is 15.4 Å². The molecule has 134 valence electrons. The second-order valence-corrected chi connectivity index (χ2v) is 5.74. The summed E-state index contributed by atoms with van der Waals surface area (Å²) in [5.41, 5.74) is 2.19. The molecule has 2 aromatic rings. The van der Waals surface area contributed by atoms with Gasteiger partial charge in [-0.25, -0.2) is 4.79 Å². The van der Waals surface area contributed by atoms with Gasteiger partial charge >= 0.3 is 12.4 Å². The van der Waals surface area contributed by atoms with Crippen LogP contribution in [-0.4, -0.2) is 12.4 Å². The second-order valence-electron chi connectivity index (χ2n) is 5.74. The Hall–Kier alpha value is -2.70. The first-order valence-electron chi connectivity index (χ1n) is 7.73. The van der Waals surface area contributed by atoms with Gasteiger partial charge in [0.2, 0.25) is 0 Å². The first kappa shape index (κ1) is 18.6. The molecule has 0 saturated heterocycles. The number of carbonyl (C=O) groups excluding carboxylic acids is 1. The van der Waals surface area contributed by atoms with Crippen LogP contribution < -0.4 is 15.4 Å². The van der Waals surface area contributed by atoms with E-state index < -0.39 is 12.4 Å². The summed E-state index contributed by atoms with van der Waals surface area (Å²) in [5, 5.41) is 5.37. The summed E-state index contributed by atoms with van der Waals surface area (Å²) >= 11 is 0. The maximum absolute atomic E-state index is 12.2. The number of urea groups is 1. The summed E-state index contributed by atoms with van der Waals surface area (Å²) in [6.45, 7) is 4.11. The van der Waals surface area contributed by atoms with Gasteiger partial charge in [0.05, 0.1) is 0 Å². The predicted octanol–water partition coefficient (Wildman–Crippen LogP) is 5.03. The summed E-state index contributed by atoms with van der Waals surface area (Å²) in [6, 6.07) is 12.5. The van der Waals surface area contributed by atoms with E-state index in [-0.39, 0.29) is 18.2 Å². The largest absolute Gasteiger partial charge is 0.573 e. The van der Waals surface area contributed by atoms with Gasteiger partial charge in [-0.15, -0.1) is 13.2 Å². The quantitative estimate of drug-likeness (QED) is 0.793. The Kier molecular flexibility index (Phi) is 5.90. The van der Waals surface area contributed by atoms with Gasteiger partial charge in [-0.05, 0) is 35.2 Å². The van der Waals surface area contributed by atoms with Crippen LogP contribution in [0.1, 0.15) is 30.9 Å². The van der Waals surface area contributed by atoms with Gasteiger partial charge in [0, 0.05) is 12.2 Å². The lowest BCUT2D eigenvalue weighted by Gasteiger charge is -2.14. The number of ether oxygens (including phenoxy) is 1. The number of hydrogen-bond acceptors (Lipinski definition) is 2. The van der Waals surface area contributed by atoms with Crippen molar-refractivity contribution < 1.29 is 22.7 Å². The minimum absolute atomic E-state index is 0.0741. The van der Waals surface area contributed by atoms with Crippen molar-refractivity contribution in [3.8, 4) is 5.75 Å². The van der Waals surface area contributed by atoms with Gasteiger partial charge in [0.15, 0.2) is 0 Å². The number of anilines is 1. The molecule has 0 saturated carbocycles. The second kappa shape index (κ2) is 7.92. The summed E-state index contributed by atoms with van der Waals surface area (Å²) in [4.78, 5) is 12.0. The molecule has 0 bridgehead atoms. The van der Waals surface area contributed by atoms with E-state index in [1.54, 1.807) is 12.1 Å². The Bertz CT molecular complexity index is 730. The zero-order chi connectivity index (χ0) is 18.4. The Morgan fingerprint density at radius 1 is 1.12 bits per heavy atom. The van der Waals surface area contributed by atoms with Crippen molar-refractivity contribution in [1.82, 2.24) is 5.32 Å². The van der Waals surface area contributed by atoms with Crippen LogP contribution in [0.2, 0.25) is 0 Å². The van der Waals surface area contributed by atoms with Crippen LogP contribution in [-0.2, 0) is 6.54 Å². The lowest BCUT2D eigenvalue weighted by Crippen LogP contribution is -2.28. The van der Waals surface area contributed by atoms with Crippen LogP contribution in [0.25, 0.3) is 0 Å². The molecule has 0 heterocycles. The highest BCUT2D eigenvalue weighted by atomic mass is 19.4.